The van der Waals surface area contributed by atoms with E-state index in [0.717, 1.165) is 12.8 Å². The van der Waals surface area contributed by atoms with E-state index >= 15 is 0 Å². The van der Waals surface area contributed by atoms with Crippen LogP contribution in [-0.2, 0) is 4.79 Å². The molecule has 1 unspecified atom stereocenters. The first kappa shape index (κ1) is 8.31. The molecule has 0 amide bonds. The van der Waals surface area contributed by atoms with Crippen molar-refractivity contribution in [3.8, 4) is 0 Å². The van der Waals surface area contributed by atoms with Gasteiger partial charge in [0.05, 0.1) is 0 Å². The number of carboxylic acids is 1. The first-order chi connectivity index (χ1) is 5.09. The molecule has 0 bridgehead atoms. The van der Waals surface area contributed by atoms with Gasteiger partial charge in [-0.05, 0) is 24.7 Å². The fourth-order valence-corrected chi connectivity index (χ4v) is 1.45. The molecule has 1 aliphatic carbocycles. The van der Waals surface area contributed by atoms with E-state index in [0.29, 0.717) is 17.4 Å². The largest absolute Gasteiger partial charge is 0.478 e. The van der Waals surface area contributed by atoms with Crippen molar-refractivity contribution >= 4 is 5.97 Å². The third kappa shape index (κ3) is 2.07. The van der Waals surface area contributed by atoms with E-state index in [1.807, 2.05) is 6.08 Å². The second-order valence-corrected chi connectivity index (χ2v) is 3.59. The Kier molecular flexibility index (Phi) is 2.32. The van der Waals surface area contributed by atoms with E-state index in [9.17, 15) is 4.79 Å². The molecule has 0 fully saturated rings. The molecular formula is C9H14O2. The van der Waals surface area contributed by atoms with Gasteiger partial charge in [0.2, 0.25) is 0 Å². The third-order valence-corrected chi connectivity index (χ3v) is 1.97. The third-order valence-electron chi connectivity index (χ3n) is 1.97. The summed E-state index contributed by atoms with van der Waals surface area (Å²) in [6.45, 7) is 4.32. The van der Waals surface area contributed by atoms with E-state index < -0.39 is 5.97 Å². The average molecular weight is 154 g/mol. The molecular weight excluding hydrogens is 140 g/mol. The minimum absolute atomic E-state index is 0.529. The van der Waals surface area contributed by atoms with Gasteiger partial charge in [-0.25, -0.2) is 4.79 Å². The van der Waals surface area contributed by atoms with Crippen molar-refractivity contribution in [1.82, 2.24) is 0 Å². The maximum atomic E-state index is 10.3. The Labute approximate surface area is 66.9 Å². The van der Waals surface area contributed by atoms with Gasteiger partial charge in [-0.1, -0.05) is 19.9 Å². The second-order valence-electron chi connectivity index (χ2n) is 3.59. The van der Waals surface area contributed by atoms with Gasteiger partial charge in [0.15, 0.2) is 0 Å². The molecule has 0 aliphatic heterocycles. The number of hydrogen-bond donors (Lipinski definition) is 1. The number of hydrogen-bond acceptors (Lipinski definition) is 1. The van der Waals surface area contributed by atoms with Crippen LogP contribution in [0, 0.1) is 11.8 Å². The number of aliphatic carboxylic acids is 1. The lowest BCUT2D eigenvalue weighted by Gasteiger charge is -2.23. The number of allylic oxidation sites excluding steroid dienone is 1. The van der Waals surface area contributed by atoms with Gasteiger partial charge in [0, 0.05) is 5.57 Å². The van der Waals surface area contributed by atoms with Crippen LogP contribution in [0.15, 0.2) is 11.6 Å². The summed E-state index contributed by atoms with van der Waals surface area (Å²) in [4.78, 5) is 10.3. The van der Waals surface area contributed by atoms with Gasteiger partial charge in [0.1, 0.15) is 0 Å². The highest BCUT2D eigenvalue weighted by molar-refractivity contribution is 5.88. The van der Waals surface area contributed by atoms with Crippen molar-refractivity contribution in [1.29, 1.82) is 0 Å². The molecule has 11 heavy (non-hydrogen) atoms. The Morgan fingerprint density at radius 3 is 2.73 bits per heavy atom. The number of rotatable bonds is 3. The maximum absolute atomic E-state index is 10.3. The van der Waals surface area contributed by atoms with Crippen LogP contribution in [0.4, 0.5) is 0 Å². The van der Waals surface area contributed by atoms with Crippen LogP contribution in [-0.4, -0.2) is 11.1 Å². The lowest BCUT2D eigenvalue weighted by Crippen LogP contribution is -2.18. The number of carbonyl (C=O) groups is 1. The van der Waals surface area contributed by atoms with Crippen LogP contribution < -0.4 is 0 Å². The molecule has 0 heterocycles. The van der Waals surface area contributed by atoms with Crippen molar-refractivity contribution in [2.75, 3.05) is 0 Å². The molecule has 1 aliphatic rings. The van der Waals surface area contributed by atoms with Crippen LogP contribution in [0.2, 0.25) is 0 Å². The van der Waals surface area contributed by atoms with Gasteiger partial charge in [-0.3, -0.25) is 0 Å². The molecule has 2 heteroatoms. The SMILES string of the molecule is CC(C)CC1C=C(C(=O)O)C1. The zero-order valence-corrected chi connectivity index (χ0v) is 7.00. The minimum atomic E-state index is -0.745. The lowest BCUT2D eigenvalue weighted by molar-refractivity contribution is -0.133. The van der Waals surface area contributed by atoms with Crippen LogP contribution >= 0.6 is 0 Å². The molecule has 0 aromatic heterocycles. The molecule has 0 radical (unpaired) electrons. The smallest absolute Gasteiger partial charge is 0.331 e. The summed E-state index contributed by atoms with van der Waals surface area (Å²) in [5.74, 6) is 0.456. The van der Waals surface area contributed by atoms with Crippen LogP contribution in [0.5, 0.6) is 0 Å². The lowest BCUT2D eigenvalue weighted by atomic mass is 9.81. The molecule has 0 aromatic rings. The molecule has 62 valence electrons. The predicted octanol–water partition coefficient (Wildman–Crippen LogP) is 2.06. The van der Waals surface area contributed by atoms with Crippen LogP contribution in [0.3, 0.4) is 0 Å². The van der Waals surface area contributed by atoms with E-state index in [4.69, 9.17) is 5.11 Å². The van der Waals surface area contributed by atoms with Crippen LogP contribution in [0.25, 0.3) is 0 Å². The van der Waals surface area contributed by atoms with E-state index in [1.54, 1.807) is 0 Å². The highest BCUT2D eigenvalue weighted by Crippen LogP contribution is 2.30. The Morgan fingerprint density at radius 2 is 2.36 bits per heavy atom. The summed E-state index contributed by atoms with van der Waals surface area (Å²) in [6, 6.07) is 0. The molecule has 0 saturated carbocycles. The maximum Gasteiger partial charge on any atom is 0.331 e. The van der Waals surface area contributed by atoms with E-state index in [2.05, 4.69) is 13.8 Å². The van der Waals surface area contributed by atoms with Crippen molar-refractivity contribution in [2.24, 2.45) is 11.8 Å². The highest BCUT2D eigenvalue weighted by Gasteiger charge is 2.24. The summed E-state index contributed by atoms with van der Waals surface area (Å²) in [5, 5.41) is 8.52. The van der Waals surface area contributed by atoms with Gasteiger partial charge < -0.3 is 5.11 Å². The first-order valence-electron chi connectivity index (χ1n) is 4.03. The standard InChI is InChI=1S/C9H14O2/c1-6(2)3-7-4-8(5-7)9(10)11/h4,6-7H,3,5H2,1-2H3,(H,10,11). The van der Waals surface area contributed by atoms with Crippen molar-refractivity contribution in [2.45, 2.75) is 26.7 Å². The van der Waals surface area contributed by atoms with Crippen molar-refractivity contribution < 1.29 is 9.90 Å². The van der Waals surface area contributed by atoms with Crippen molar-refractivity contribution in [3.63, 3.8) is 0 Å². The first-order valence-corrected chi connectivity index (χ1v) is 4.03. The van der Waals surface area contributed by atoms with Gasteiger partial charge in [-0.15, -0.1) is 0 Å². The quantitative estimate of drug-likeness (QED) is 0.675. The Morgan fingerprint density at radius 1 is 1.82 bits per heavy atom. The highest BCUT2D eigenvalue weighted by atomic mass is 16.4. The summed E-state index contributed by atoms with van der Waals surface area (Å²) in [7, 11) is 0. The molecule has 1 N–H and O–H groups in total. The average Bonchev–Trinajstić information content (AvgIpc) is 1.75. The molecule has 0 aromatic carbocycles. The molecule has 0 saturated heterocycles. The zero-order chi connectivity index (χ0) is 8.43. The fourth-order valence-electron chi connectivity index (χ4n) is 1.45. The second kappa shape index (κ2) is 3.07. The molecule has 1 atom stereocenters. The Balaban J connectivity index is 2.33. The predicted molar refractivity (Wildman–Crippen MR) is 43.3 cm³/mol. The number of carboxylic acid groups (broad SMARTS) is 1. The normalized spacial score (nSPS) is 22.8. The van der Waals surface area contributed by atoms with Gasteiger partial charge >= 0.3 is 5.97 Å². The van der Waals surface area contributed by atoms with Gasteiger partial charge in [0.25, 0.3) is 0 Å². The Hall–Kier alpha value is -0.790. The monoisotopic (exact) mass is 154 g/mol. The summed E-state index contributed by atoms with van der Waals surface area (Å²) in [6.07, 6.45) is 3.77. The van der Waals surface area contributed by atoms with E-state index in [-0.39, 0.29) is 0 Å². The minimum Gasteiger partial charge on any atom is -0.478 e. The summed E-state index contributed by atoms with van der Waals surface area (Å²) >= 11 is 0. The topological polar surface area (TPSA) is 37.3 Å². The Bertz CT molecular complexity index is 192. The van der Waals surface area contributed by atoms with Crippen molar-refractivity contribution in [3.05, 3.63) is 11.6 Å². The van der Waals surface area contributed by atoms with Gasteiger partial charge in [-0.2, -0.15) is 0 Å². The zero-order valence-electron chi connectivity index (χ0n) is 7.00. The molecule has 0 spiro atoms. The van der Waals surface area contributed by atoms with Crippen LogP contribution in [0.1, 0.15) is 26.7 Å². The summed E-state index contributed by atoms with van der Waals surface area (Å²) < 4.78 is 0. The molecule has 2 nitrogen and oxygen atoms in total. The van der Waals surface area contributed by atoms with E-state index in [1.165, 1.54) is 0 Å². The summed E-state index contributed by atoms with van der Waals surface area (Å²) in [5.41, 5.74) is 0.593. The fraction of sp³-hybridized carbons (Fsp3) is 0.667. The molecule has 1 rings (SSSR count).